The van der Waals surface area contributed by atoms with Gasteiger partial charge in [0.1, 0.15) is 17.3 Å². The van der Waals surface area contributed by atoms with Crippen LogP contribution >= 0.6 is 0 Å². The van der Waals surface area contributed by atoms with E-state index < -0.39 is 5.97 Å². The third-order valence-corrected chi connectivity index (χ3v) is 1.93. The summed E-state index contributed by atoms with van der Waals surface area (Å²) in [5, 5.41) is 9.06. The van der Waals surface area contributed by atoms with E-state index in [0.29, 0.717) is 5.75 Å². The van der Waals surface area contributed by atoms with E-state index in [1.165, 1.54) is 36.7 Å². The molecule has 0 spiro atoms. The molecule has 6 nitrogen and oxygen atoms in total. The van der Waals surface area contributed by atoms with Crippen LogP contribution in [0.25, 0.3) is 0 Å². The molecule has 0 saturated heterocycles. The minimum absolute atomic E-state index is 0.0623. The molecule has 0 fully saturated rings. The van der Waals surface area contributed by atoms with E-state index in [-0.39, 0.29) is 17.3 Å². The molecule has 86 valence electrons. The maximum Gasteiger partial charge on any atom is 0.363 e. The molecule has 0 aliphatic carbocycles. The summed E-state index contributed by atoms with van der Waals surface area (Å²) in [5.74, 6) is -0.00197. The quantitative estimate of drug-likeness (QED) is 0.590. The summed E-state index contributed by atoms with van der Waals surface area (Å²) < 4.78 is 5.00. The van der Waals surface area contributed by atoms with Crippen molar-refractivity contribution in [1.29, 1.82) is 0 Å². The number of anilines is 1. The Labute approximate surface area is 96.7 Å². The normalized spacial score (nSPS) is 9.88. The first-order valence-corrected chi connectivity index (χ1v) is 4.74. The number of phenols is 1. The van der Waals surface area contributed by atoms with Crippen molar-refractivity contribution in [1.82, 2.24) is 9.97 Å². The molecular weight excluding hydrogens is 222 g/mol. The van der Waals surface area contributed by atoms with Crippen LogP contribution in [0.5, 0.6) is 11.5 Å². The largest absolute Gasteiger partial charge is 0.508 e. The molecule has 0 amide bonds. The summed E-state index contributed by atoms with van der Waals surface area (Å²) in [6, 6.07) is 5.77. The summed E-state index contributed by atoms with van der Waals surface area (Å²) in [7, 11) is 0. The van der Waals surface area contributed by atoms with Crippen molar-refractivity contribution in [3.05, 3.63) is 42.4 Å². The van der Waals surface area contributed by atoms with Gasteiger partial charge in [0.15, 0.2) is 5.69 Å². The number of nitrogens with two attached hydrogens (primary N) is 1. The smallest absolute Gasteiger partial charge is 0.363 e. The van der Waals surface area contributed by atoms with Gasteiger partial charge in [-0.15, -0.1) is 0 Å². The van der Waals surface area contributed by atoms with E-state index in [0.717, 1.165) is 0 Å². The van der Waals surface area contributed by atoms with Gasteiger partial charge in [-0.25, -0.2) is 14.8 Å². The minimum Gasteiger partial charge on any atom is -0.508 e. The van der Waals surface area contributed by atoms with Gasteiger partial charge in [-0.05, 0) is 24.3 Å². The van der Waals surface area contributed by atoms with Gasteiger partial charge in [0.2, 0.25) is 0 Å². The number of carbonyl (C=O) groups is 1. The van der Waals surface area contributed by atoms with E-state index in [1.54, 1.807) is 0 Å². The number of phenolic OH excluding ortho intramolecular Hbond substituents is 1. The number of benzene rings is 1. The van der Waals surface area contributed by atoms with Crippen LogP contribution in [-0.2, 0) is 0 Å². The van der Waals surface area contributed by atoms with Gasteiger partial charge >= 0.3 is 5.97 Å². The lowest BCUT2D eigenvalue weighted by Crippen LogP contribution is -2.11. The first-order chi connectivity index (χ1) is 8.15. The van der Waals surface area contributed by atoms with Gasteiger partial charge < -0.3 is 15.6 Å². The zero-order chi connectivity index (χ0) is 12.3. The summed E-state index contributed by atoms with van der Waals surface area (Å²) >= 11 is 0. The molecule has 1 aromatic heterocycles. The second-order valence-corrected chi connectivity index (χ2v) is 3.21. The molecular formula is C11H9N3O3. The van der Waals surface area contributed by atoms with Gasteiger partial charge in [0, 0.05) is 0 Å². The molecule has 1 aromatic carbocycles. The number of esters is 1. The molecule has 6 heteroatoms. The Bertz CT molecular complexity index is 523. The van der Waals surface area contributed by atoms with Crippen LogP contribution in [0.15, 0.2) is 36.7 Å². The Kier molecular flexibility index (Phi) is 2.87. The number of rotatable bonds is 2. The molecule has 2 rings (SSSR count). The van der Waals surface area contributed by atoms with Crippen molar-refractivity contribution in [2.75, 3.05) is 5.73 Å². The highest BCUT2D eigenvalue weighted by Crippen LogP contribution is 2.16. The topological polar surface area (TPSA) is 98.3 Å². The molecule has 1 heterocycles. The molecule has 0 radical (unpaired) electrons. The van der Waals surface area contributed by atoms with Crippen molar-refractivity contribution in [2.45, 2.75) is 0 Å². The summed E-state index contributed by atoms with van der Waals surface area (Å²) in [6.45, 7) is 0. The van der Waals surface area contributed by atoms with Crippen LogP contribution in [0.1, 0.15) is 10.5 Å². The molecule has 2 aromatic rings. The molecule has 0 bridgehead atoms. The molecule has 0 aliphatic rings. The standard InChI is InChI=1S/C11H9N3O3/c12-10-6-13-9(5-14-10)11(16)17-8-3-1-7(15)2-4-8/h1-6,15H,(H2,12,14). The molecule has 0 aliphatic heterocycles. The molecule has 17 heavy (non-hydrogen) atoms. The Morgan fingerprint density at radius 3 is 2.47 bits per heavy atom. The average molecular weight is 231 g/mol. The van der Waals surface area contributed by atoms with Gasteiger partial charge in [-0.1, -0.05) is 0 Å². The number of nitrogens with zero attached hydrogens (tertiary/aromatic N) is 2. The van der Waals surface area contributed by atoms with E-state index in [4.69, 9.17) is 15.6 Å². The van der Waals surface area contributed by atoms with Crippen molar-refractivity contribution >= 4 is 11.8 Å². The van der Waals surface area contributed by atoms with E-state index >= 15 is 0 Å². The van der Waals surface area contributed by atoms with Crippen LogP contribution in [-0.4, -0.2) is 21.0 Å². The monoisotopic (exact) mass is 231 g/mol. The van der Waals surface area contributed by atoms with E-state index in [2.05, 4.69) is 9.97 Å². The predicted molar refractivity (Wildman–Crippen MR) is 59.5 cm³/mol. The number of nitrogen functional groups attached to an aromatic ring is 1. The summed E-state index contributed by atoms with van der Waals surface area (Å²) in [4.78, 5) is 19.1. The Balaban J connectivity index is 2.11. The lowest BCUT2D eigenvalue weighted by molar-refractivity contribution is 0.0728. The zero-order valence-corrected chi connectivity index (χ0v) is 8.70. The fraction of sp³-hybridized carbons (Fsp3) is 0. The van der Waals surface area contributed by atoms with Crippen molar-refractivity contribution in [3.8, 4) is 11.5 Å². The van der Waals surface area contributed by atoms with Crippen molar-refractivity contribution < 1.29 is 14.6 Å². The molecule has 0 atom stereocenters. The summed E-state index contributed by atoms with van der Waals surface area (Å²) in [6.07, 6.45) is 2.51. The lowest BCUT2D eigenvalue weighted by Gasteiger charge is -2.03. The third-order valence-electron chi connectivity index (χ3n) is 1.93. The molecule has 0 saturated carbocycles. The molecule has 3 N–H and O–H groups in total. The van der Waals surface area contributed by atoms with E-state index in [9.17, 15) is 4.79 Å². The Hall–Kier alpha value is -2.63. The fourth-order valence-corrected chi connectivity index (χ4v) is 1.12. The number of hydrogen-bond acceptors (Lipinski definition) is 6. The highest BCUT2D eigenvalue weighted by atomic mass is 16.5. The maximum absolute atomic E-state index is 11.6. The maximum atomic E-state index is 11.6. The second-order valence-electron chi connectivity index (χ2n) is 3.21. The minimum atomic E-state index is -0.636. The third kappa shape index (κ3) is 2.69. The van der Waals surface area contributed by atoms with Gasteiger partial charge in [0.25, 0.3) is 0 Å². The number of hydrogen-bond donors (Lipinski definition) is 2. The lowest BCUT2D eigenvalue weighted by atomic mass is 10.3. The number of carbonyl (C=O) groups excluding carboxylic acids is 1. The SMILES string of the molecule is Nc1cnc(C(=O)Oc2ccc(O)cc2)cn1. The van der Waals surface area contributed by atoms with Crippen LogP contribution in [0.2, 0.25) is 0 Å². The Morgan fingerprint density at radius 1 is 1.18 bits per heavy atom. The van der Waals surface area contributed by atoms with Gasteiger partial charge in [0.05, 0.1) is 12.4 Å². The molecule has 0 unspecified atom stereocenters. The number of aromatic hydroxyl groups is 1. The Morgan fingerprint density at radius 2 is 1.88 bits per heavy atom. The zero-order valence-electron chi connectivity index (χ0n) is 8.70. The van der Waals surface area contributed by atoms with Crippen molar-refractivity contribution in [3.63, 3.8) is 0 Å². The highest BCUT2D eigenvalue weighted by molar-refractivity contribution is 5.88. The summed E-state index contributed by atoms with van der Waals surface area (Å²) in [5.41, 5.74) is 5.40. The van der Waals surface area contributed by atoms with Crippen molar-refractivity contribution in [2.24, 2.45) is 0 Å². The van der Waals surface area contributed by atoms with Gasteiger partial charge in [-0.3, -0.25) is 0 Å². The number of ether oxygens (including phenoxy) is 1. The first-order valence-electron chi connectivity index (χ1n) is 4.74. The first kappa shape index (κ1) is 10.9. The average Bonchev–Trinajstić information content (AvgIpc) is 2.33. The number of aromatic nitrogens is 2. The van der Waals surface area contributed by atoms with Gasteiger partial charge in [-0.2, -0.15) is 0 Å². The van der Waals surface area contributed by atoms with Crippen LogP contribution in [0.4, 0.5) is 5.82 Å². The van der Waals surface area contributed by atoms with Crippen LogP contribution in [0, 0.1) is 0 Å². The second kappa shape index (κ2) is 4.48. The van der Waals surface area contributed by atoms with Crippen LogP contribution < -0.4 is 10.5 Å². The predicted octanol–water partition coefficient (Wildman–Crippen LogP) is 0.984. The fourth-order valence-electron chi connectivity index (χ4n) is 1.12. The van der Waals surface area contributed by atoms with E-state index in [1.807, 2.05) is 0 Å². The van der Waals surface area contributed by atoms with Crippen LogP contribution in [0.3, 0.4) is 0 Å². The highest BCUT2D eigenvalue weighted by Gasteiger charge is 2.10.